The fourth-order valence-electron chi connectivity index (χ4n) is 7.16. The van der Waals surface area contributed by atoms with Gasteiger partial charge in [-0.05, 0) is 116 Å². The standard InChI is InChI=1S/C28H48N2/c1-19(23-15-25(3,4)29-26(5,6)16-23)21-11-13-22(14-12-21)20(2)24-17-27(7,8)30-28(9,10)18-24/h11-14,19-20,23-24,29-30H,15-18H2,1-10H3. The van der Waals surface area contributed by atoms with E-state index in [1.54, 1.807) is 0 Å². The highest BCUT2D eigenvalue weighted by Crippen LogP contribution is 2.43. The number of hydrogen-bond donors (Lipinski definition) is 2. The van der Waals surface area contributed by atoms with Crippen molar-refractivity contribution in [2.45, 2.75) is 129 Å². The van der Waals surface area contributed by atoms with Crippen molar-refractivity contribution in [1.29, 1.82) is 0 Å². The van der Waals surface area contributed by atoms with Crippen LogP contribution < -0.4 is 10.6 Å². The van der Waals surface area contributed by atoms with Crippen molar-refractivity contribution >= 4 is 0 Å². The Balaban J connectivity index is 1.73. The average Bonchev–Trinajstić information content (AvgIpc) is 2.55. The molecular formula is C28H48N2. The molecule has 2 atom stereocenters. The van der Waals surface area contributed by atoms with E-state index in [-0.39, 0.29) is 22.2 Å². The number of hydrogen-bond acceptors (Lipinski definition) is 2. The number of nitrogens with one attached hydrogen (secondary N) is 2. The Morgan fingerprint density at radius 3 is 1.03 bits per heavy atom. The molecule has 0 amide bonds. The zero-order valence-electron chi connectivity index (χ0n) is 21.4. The summed E-state index contributed by atoms with van der Waals surface area (Å²) in [4.78, 5) is 0. The lowest BCUT2D eigenvalue weighted by Crippen LogP contribution is -2.58. The van der Waals surface area contributed by atoms with E-state index in [0.29, 0.717) is 11.8 Å². The molecule has 3 rings (SSSR count). The van der Waals surface area contributed by atoms with E-state index in [9.17, 15) is 0 Å². The molecular weight excluding hydrogens is 364 g/mol. The number of rotatable bonds is 4. The van der Waals surface area contributed by atoms with Gasteiger partial charge in [0.05, 0.1) is 0 Å². The topological polar surface area (TPSA) is 24.1 Å². The molecule has 2 fully saturated rings. The normalized spacial score (nSPS) is 28.1. The molecule has 30 heavy (non-hydrogen) atoms. The molecule has 0 aromatic heterocycles. The summed E-state index contributed by atoms with van der Waals surface area (Å²) in [6.45, 7) is 23.8. The van der Waals surface area contributed by atoms with E-state index >= 15 is 0 Å². The summed E-state index contributed by atoms with van der Waals surface area (Å²) >= 11 is 0. The van der Waals surface area contributed by atoms with Gasteiger partial charge in [0.1, 0.15) is 0 Å². The maximum atomic E-state index is 3.84. The van der Waals surface area contributed by atoms with Crippen LogP contribution in [-0.2, 0) is 0 Å². The van der Waals surface area contributed by atoms with Gasteiger partial charge in [0.2, 0.25) is 0 Å². The van der Waals surface area contributed by atoms with Crippen molar-refractivity contribution in [2.24, 2.45) is 11.8 Å². The summed E-state index contributed by atoms with van der Waals surface area (Å²) in [6, 6.07) is 9.71. The summed E-state index contributed by atoms with van der Waals surface area (Å²) in [6.07, 6.45) is 4.98. The molecule has 1 aromatic carbocycles. The van der Waals surface area contributed by atoms with Crippen molar-refractivity contribution in [1.82, 2.24) is 10.6 Å². The van der Waals surface area contributed by atoms with Crippen LogP contribution in [0.2, 0.25) is 0 Å². The van der Waals surface area contributed by atoms with Gasteiger partial charge >= 0.3 is 0 Å². The molecule has 2 saturated heterocycles. The molecule has 0 saturated carbocycles. The molecule has 170 valence electrons. The van der Waals surface area contributed by atoms with E-state index in [1.807, 2.05) is 0 Å². The molecule has 2 aliphatic heterocycles. The molecule has 2 heterocycles. The highest BCUT2D eigenvalue weighted by molar-refractivity contribution is 5.29. The molecule has 2 unspecified atom stereocenters. The van der Waals surface area contributed by atoms with Gasteiger partial charge in [0, 0.05) is 22.2 Å². The summed E-state index contributed by atoms with van der Waals surface area (Å²) in [5.74, 6) is 2.66. The predicted octanol–water partition coefficient (Wildman–Crippen LogP) is 7.01. The van der Waals surface area contributed by atoms with Crippen molar-refractivity contribution in [2.75, 3.05) is 0 Å². The first-order valence-electron chi connectivity index (χ1n) is 12.3. The highest BCUT2D eigenvalue weighted by Gasteiger charge is 2.41. The lowest BCUT2D eigenvalue weighted by Gasteiger charge is -2.48. The molecule has 2 N–H and O–H groups in total. The smallest absolute Gasteiger partial charge is 0.0132 e. The third-order valence-electron chi connectivity index (χ3n) is 7.85. The molecule has 2 aliphatic rings. The van der Waals surface area contributed by atoms with E-state index in [2.05, 4.69) is 104 Å². The van der Waals surface area contributed by atoms with Crippen LogP contribution in [0.1, 0.15) is 118 Å². The van der Waals surface area contributed by atoms with Crippen molar-refractivity contribution in [3.8, 4) is 0 Å². The third kappa shape index (κ3) is 5.68. The van der Waals surface area contributed by atoms with Gasteiger partial charge in [0.15, 0.2) is 0 Å². The van der Waals surface area contributed by atoms with Crippen molar-refractivity contribution in [3.05, 3.63) is 35.4 Å². The highest BCUT2D eigenvalue weighted by atomic mass is 15.1. The van der Waals surface area contributed by atoms with Crippen LogP contribution in [0.4, 0.5) is 0 Å². The second kappa shape index (κ2) is 7.93. The van der Waals surface area contributed by atoms with Gasteiger partial charge < -0.3 is 10.6 Å². The number of benzene rings is 1. The van der Waals surface area contributed by atoms with Gasteiger partial charge in [-0.15, -0.1) is 0 Å². The Morgan fingerprint density at radius 2 is 0.800 bits per heavy atom. The summed E-state index contributed by atoms with van der Waals surface area (Å²) in [5, 5.41) is 7.67. The molecule has 0 spiro atoms. The van der Waals surface area contributed by atoms with Crippen LogP contribution in [0.5, 0.6) is 0 Å². The van der Waals surface area contributed by atoms with Crippen LogP contribution in [0, 0.1) is 11.8 Å². The monoisotopic (exact) mass is 412 g/mol. The van der Waals surface area contributed by atoms with E-state index in [0.717, 1.165) is 11.8 Å². The largest absolute Gasteiger partial charge is 0.307 e. The fraction of sp³-hybridized carbons (Fsp3) is 0.786. The van der Waals surface area contributed by atoms with Gasteiger partial charge in [-0.1, -0.05) is 38.1 Å². The van der Waals surface area contributed by atoms with Crippen LogP contribution in [0.25, 0.3) is 0 Å². The van der Waals surface area contributed by atoms with Gasteiger partial charge in [-0.3, -0.25) is 0 Å². The van der Waals surface area contributed by atoms with Gasteiger partial charge in [-0.2, -0.15) is 0 Å². The maximum absolute atomic E-state index is 3.84. The third-order valence-corrected chi connectivity index (χ3v) is 7.85. The van der Waals surface area contributed by atoms with Crippen molar-refractivity contribution in [3.63, 3.8) is 0 Å². The lowest BCUT2D eigenvalue weighted by molar-refractivity contribution is 0.115. The van der Waals surface area contributed by atoms with E-state index in [1.165, 1.54) is 36.8 Å². The number of piperidine rings is 2. The minimum Gasteiger partial charge on any atom is -0.307 e. The van der Waals surface area contributed by atoms with E-state index in [4.69, 9.17) is 0 Å². The average molecular weight is 413 g/mol. The second-order valence-electron chi connectivity index (χ2n) is 13.4. The molecule has 2 heteroatoms. The summed E-state index contributed by atoms with van der Waals surface area (Å²) in [7, 11) is 0. The lowest BCUT2D eigenvalue weighted by atomic mass is 9.68. The van der Waals surface area contributed by atoms with Crippen LogP contribution in [0.3, 0.4) is 0 Å². The zero-order valence-corrected chi connectivity index (χ0v) is 21.4. The van der Waals surface area contributed by atoms with Crippen molar-refractivity contribution < 1.29 is 0 Å². The Morgan fingerprint density at radius 1 is 0.567 bits per heavy atom. The second-order valence-corrected chi connectivity index (χ2v) is 13.4. The Kier molecular flexibility index (Phi) is 6.29. The van der Waals surface area contributed by atoms with Gasteiger partial charge in [-0.25, -0.2) is 0 Å². The summed E-state index contributed by atoms with van der Waals surface area (Å²) < 4.78 is 0. The Hall–Kier alpha value is -0.860. The molecule has 1 aromatic rings. The Bertz CT molecular complexity index is 631. The quantitative estimate of drug-likeness (QED) is 0.556. The van der Waals surface area contributed by atoms with Gasteiger partial charge in [0.25, 0.3) is 0 Å². The first kappa shape index (κ1) is 23.8. The first-order valence-corrected chi connectivity index (χ1v) is 12.3. The minimum atomic E-state index is 0.212. The van der Waals surface area contributed by atoms with Crippen LogP contribution in [-0.4, -0.2) is 22.2 Å². The predicted molar refractivity (Wildman–Crippen MR) is 131 cm³/mol. The molecule has 0 aliphatic carbocycles. The molecule has 0 radical (unpaired) electrons. The minimum absolute atomic E-state index is 0.212. The SMILES string of the molecule is CC(c1ccc(C(C)C2CC(C)(C)NC(C)(C)C2)cc1)C1CC(C)(C)NC(C)(C)C1. The van der Waals surface area contributed by atoms with Crippen LogP contribution in [0.15, 0.2) is 24.3 Å². The Labute approximate surface area is 187 Å². The van der Waals surface area contributed by atoms with E-state index < -0.39 is 0 Å². The fourth-order valence-corrected chi connectivity index (χ4v) is 7.16. The summed E-state index contributed by atoms with van der Waals surface area (Å²) in [5.41, 5.74) is 3.87. The zero-order chi connectivity index (χ0) is 22.5. The molecule has 0 bridgehead atoms. The molecule has 2 nitrogen and oxygen atoms in total. The maximum Gasteiger partial charge on any atom is 0.0132 e. The van der Waals surface area contributed by atoms with Crippen LogP contribution >= 0.6 is 0 Å². The first-order chi connectivity index (χ1) is 13.6.